The average molecular weight is 607 g/mol. The van der Waals surface area contributed by atoms with Crippen molar-refractivity contribution < 1.29 is 59.9 Å². The lowest BCUT2D eigenvalue weighted by Gasteiger charge is -2.40. The Bertz CT molecular complexity index is 1150. The SMILES string of the molecule is O=C(NCCCNC(=O)c1cccc([C@H]2O[C@H](CO)[C@@H](O)[C@H](O)[C@@H]2O)c1)c1cccc([C@H]2O[C@H](CO)[C@@H](O)[C@H](O)[C@@H]2O)c1. The molecule has 10 atom stereocenters. The Labute approximate surface area is 247 Å². The highest BCUT2D eigenvalue weighted by Gasteiger charge is 2.45. The molecule has 2 fully saturated rings. The fraction of sp³-hybridized carbons (Fsp3) is 0.517. The van der Waals surface area contributed by atoms with Crippen molar-refractivity contribution in [1.82, 2.24) is 10.6 Å². The summed E-state index contributed by atoms with van der Waals surface area (Å²) in [7, 11) is 0. The van der Waals surface area contributed by atoms with Gasteiger partial charge in [0, 0.05) is 24.2 Å². The van der Waals surface area contributed by atoms with Gasteiger partial charge in [-0.25, -0.2) is 0 Å². The standard InChI is InChI=1S/C29H38N2O12/c32-12-18-20(34)22(36)24(38)26(42-18)14-4-1-6-16(10-14)28(40)30-8-3-9-31-29(41)17-7-2-5-15(11-17)27-25(39)23(37)21(35)19(13-33)43-27/h1-2,4-7,10-11,18-27,32-39H,3,8-9,12-13H2,(H,30,40)(H,31,41)/t18-,19-,20-,21-,22+,23+,24+,25+,26-,27-/m1/s1. The summed E-state index contributed by atoms with van der Waals surface area (Å²) in [6.45, 7) is -0.702. The molecule has 2 aliphatic rings. The number of carbonyl (C=O) groups excluding carboxylic acids is 2. The molecule has 0 unspecified atom stereocenters. The van der Waals surface area contributed by atoms with Crippen molar-refractivity contribution >= 4 is 11.8 Å². The second-order valence-electron chi connectivity index (χ2n) is 10.6. The van der Waals surface area contributed by atoms with E-state index in [0.717, 1.165) is 0 Å². The Morgan fingerprint density at radius 2 is 1.00 bits per heavy atom. The van der Waals surface area contributed by atoms with Gasteiger partial charge in [0.2, 0.25) is 0 Å². The van der Waals surface area contributed by atoms with Gasteiger partial charge in [-0.15, -0.1) is 0 Å². The molecule has 0 radical (unpaired) electrons. The van der Waals surface area contributed by atoms with E-state index in [4.69, 9.17) is 9.47 Å². The highest BCUT2D eigenvalue weighted by molar-refractivity contribution is 5.95. The van der Waals surface area contributed by atoms with Gasteiger partial charge in [-0.2, -0.15) is 0 Å². The van der Waals surface area contributed by atoms with Crippen LogP contribution in [0.4, 0.5) is 0 Å². The Morgan fingerprint density at radius 1 is 0.605 bits per heavy atom. The molecule has 2 amide bonds. The Balaban J connectivity index is 1.27. The lowest BCUT2D eigenvalue weighted by molar-refractivity contribution is -0.231. The van der Waals surface area contributed by atoms with E-state index in [1.165, 1.54) is 12.1 Å². The number of rotatable bonds is 10. The molecular weight excluding hydrogens is 568 g/mol. The van der Waals surface area contributed by atoms with Gasteiger partial charge in [0.1, 0.15) is 61.0 Å². The summed E-state index contributed by atoms with van der Waals surface area (Å²) in [6, 6.07) is 12.4. The number of amides is 2. The van der Waals surface area contributed by atoms with Crippen molar-refractivity contribution in [2.75, 3.05) is 26.3 Å². The van der Waals surface area contributed by atoms with Crippen molar-refractivity contribution in [3.63, 3.8) is 0 Å². The third-order valence-corrected chi connectivity index (χ3v) is 7.66. The van der Waals surface area contributed by atoms with Gasteiger partial charge in [0.05, 0.1) is 13.2 Å². The first-order valence-electron chi connectivity index (χ1n) is 13.9. The second kappa shape index (κ2) is 14.6. The summed E-state index contributed by atoms with van der Waals surface area (Å²) in [6.07, 6.45) is -12.9. The maximum Gasteiger partial charge on any atom is 0.251 e. The minimum absolute atomic E-state index is 0.217. The highest BCUT2D eigenvalue weighted by atomic mass is 16.6. The van der Waals surface area contributed by atoms with Crippen molar-refractivity contribution in [2.45, 2.75) is 67.5 Å². The molecule has 0 spiro atoms. The third-order valence-electron chi connectivity index (χ3n) is 7.66. The minimum Gasteiger partial charge on any atom is -0.394 e. The Hall–Kier alpha value is -3.02. The van der Waals surface area contributed by atoms with Crippen molar-refractivity contribution in [1.29, 1.82) is 0 Å². The largest absolute Gasteiger partial charge is 0.394 e. The van der Waals surface area contributed by atoms with Crippen LogP contribution in [0.3, 0.4) is 0 Å². The van der Waals surface area contributed by atoms with E-state index in [1.807, 2.05) is 0 Å². The number of hydrogen-bond donors (Lipinski definition) is 10. The van der Waals surface area contributed by atoms with Crippen molar-refractivity contribution in [3.05, 3.63) is 70.8 Å². The van der Waals surface area contributed by atoms with Crippen LogP contribution < -0.4 is 10.6 Å². The van der Waals surface area contributed by atoms with Crippen LogP contribution in [0.25, 0.3) is 0 Å². The first-order valence-corrected chi connectivity index (χ1v) is 13.9. The van der Waals surface area contributed by atoms with E-state index in [0.29, 0.717) is 17.5 Å². The van der Waals surface area contributed by atoms with Crippen LogP contribution in [-0.4, -0.2) is 128 Å². The number of nitrogens with one attached hydrogen (secondary N) is 2. The zero-order valence-electron chi connectivity index (χ0n) is 23.1. The molecule has 2 aromatic rings. The summed E-state index contributed by atoms with van der Waals surface area (Å²) in [5.41, 5.74) is 1.26. The van der Waals surface area contributed by atoms with Crippen LogP contribution in [0.5, 0.6) is 0 Å². The molecule has 2 aromatic carbocycles. The first-order chi connectivity index (χ1) is 20.6. The molecule has 0 aromatic heterocycles. The first kappa shape index (κ1) is 32.9. The maximum absolute atomic E-state index is 12.7. The molecule has 14 nitrogen and oxygen atoms in total. The molecule has 14 heteroatoms. The van der Waals surface area contributed by atoms with Gasteiger partial charge < -0.3 is 61.0 Å². The van der Waals surface area contributed by atoms with E-state index >= 15 is 0 Å². The van der Waals surface area contributed by atoms with Crippen LogP contribution in [0.2, 0.25) is 0 Å². The molecule has 0 saturated carbocycles. The smallest absolute Gasteiger partial charge is 0.251 e. The minimum atomic E-state index is -1.54. The molecule has 0 bridgehead atoms. The maximum atomic E-state index is 12.7. The van der Waals surface area contributed by atoms with Crippen molar-refractivity contribution in [3.8, 4) is 0 Å². The lowest BCUT2D eigenvalue weighted by atomic mass is 9.90. The molecule has 4 rings (SSSR count). The van der Waals surface area contributed by atoms with Gasteiger partial charge in [0.25, 0.3) is 11.8 Å². The molecule has 2 heterocycles. The fourth-order valence-electron chi connectivity index (χ4n) is 5.16. The van der Waals surface area contributed by atoms with E-state index in [-0.39, 0.29) is 24.2 Å². The number of aliphatic hydroxyl groups is 8. The quantitative estimate of drug-likeness (QED) is 0.124. The predicted molar refractivity (Wildman–Crippen MR) is 148 cm³/mol. The van der Waals surface area contributed by atoms with E-state index in [9.17, 15) is 50.4 Å². The van der Waals surface area contributed by atoms with Gasteiger partial charge in [-0.05, 0) is 41.8 Å². The normalized spacial score (nSPS) is 32.7. The van der Waals surface area contributed by atoms with Gasteiger partial charge in [-0.3, -0.25) is 9.59 Å². The summed E-state index contributed by atoms with van der Waals surface area (Å²) in [5, 5.41) is 85.1. The number of carbonyl (C=O) groups is 2. The van der Waals surface area contributed by atoms with Crippen LogP contribution in [0, 0.1) is 0 Å². The third kappa shape index (κ3) is 7.38. The van der Waals surface area contributed by atoms with Crippen LogP contribution in [0.15, 0.2) is 48.5 Å². The molecule has 43 heavy (non-hydrogen) atoms. The van der Waals surface area contributed by atoms with E-state index in [2.05, 4.69) is 10.6 Å². The molecule has 2 aliphatic heterocycles. The monoisotopic (exact) mass is 606 g/mol. The van der Waals surface area contributed by atoms with Crippen LogP contribution >= 0.6 is 0 Å². The second-order valence-corrected chi connectivity index (χ2v) is 10.6. The Kier molecular flexibility index (Phi) is 11.2. The van der Waals surface area contributed by atoms with E-state index < -0.39 is 86.1 Å². The average Bonchev–Trinajstić information content (AvgIpc) is 3.02. The van der Waals surface area contributed by atoms with Gasteiger partial charge in [-0.1, -0.05) is 24.3 Å². The fourth-order valence-corrected chi connectivity index (χ4v) is 5.16. The van der Waals surface area contributed by atoms with Crippen molar-refractivity contribution in [2.24, 2.45) is 0 Å². The topological polar surface area (TPSA) is 238 Å². The van der Waals surface area contributed by atoms with Crippen LogP contribution in [-0.2, 0) is 9.47 Å². The predicted octanol–water partition coefficient (Wildman–Crippen LogP) is -2.73. The highest BCUT2D eigenvalue weighted by Crippen LogP contribution is 2.34. The van der Waals surface area contributed by atoms with Crippen LogP contribution in [0.1, 0.15) is 50.5 Å². The molecule has 0 aliphatic carbocycles. The molecular formula is C29H38N2O12. The summed E-state index contributed by atoms with van der Waals surface area (Å²) >= 11 is 0. The molecule has 236 valence electrons. The Morgan fingerprint density at radius 3 is 1.37 bits per heavy atom. The zero-order valence-corrected chi connectivity index (χ0v) is 23.1. The van der Waals surface area contributed by atoms with Gasteiger partial charge in [0.15, 0.2) is 0 Å². The summed E-state index contributed by atoms with van der Waals surface area (Å²) < 4.78 is 11.1. The summed E-state index contributed by atoms with van der Waals surface area (Å²) in [5.74, 6) is -0.852. The number of benzene rings is 2. The zero-order chi connectivity index (χ0) is 31.3. The number of ether oxygens (including phenoxy) is 2. The van der Waals surface area contributed by atoms with Gasteiger partial charge >= 0.3 is 0 Å². The molecule has 10 N–H and O–H groups in total. The summed E-state index contributed by atoms with van der Waals surface area (Å²) in [4.78, 5) is 25.4. The molecule has 2 saturated heterocycles. The lowest BCUT2D eigenvalue weighted by Crippen LogP contribution is -2.55. The number of hydrogen-bond acceptors (Lipinski definition) is 12. The number of aliphatic hydroxyl groups excluding tert-OH is 8. The van der Waals surface area contributed by atoms with E-state index in [1.54, 1.807) is 36.4 Å².